The summed E-state index contributed by atoms with van der Waals surface area (Å²) >= 11 is 0. The third-order valence-corrected chi connectivity index (χ3v) is 1.45. The molecule has 1 unspecified atom stereocenters. The predicted molar refractivity (Wildman–Crippen MR) is 48.1 cm³/mol. The molecule has 0 bridgehead atoms. The summed E-state index contributed by atoms with van der Waals surface area (Å²) in [6.07, 6.45) is 0.217. The highest BCUT2D eigenvalue weighted by Crippen LogP contribution is 1.89. The van der Waals surface area contributed by atoms with Crippen LogP contribution in [0.2, 0.25) is 0 Å². The Morgan fingerprint density at radius 1 is 1.62 bits per heavy atom. The van der Waals surface area contributed by atoms with Crippen molar-refractivity contribution in [3.05, 3.63) is 12.2 Å². The number of carboxylic acids is 1. The molecule has 0 aliphatic carbocycles. The monoisotopic (exact) mass is 186 g/mol. The Bertz CT molecular complexity index is 225. The molecule has 74 valence electrons. The van der Waals surface area contributed by atoms with Crippen LogP contribution in [0.3, 0.4) is 0 Å². The Hall–Kier alpha value is -1.36. The van der Waals surface area contributed by atoms with Crippen molar-refractivity contribution in [1.29, 1.82) is 0 Å². The fourth-order valence-electron chi connectivity index (χ4n) is 0.616. The van der Waals surface area contributed by atoms with Crippen LogP contribution in [0.4, 0.5) is 0 Å². The van der Waals surface area contributed by atoms with Crippen LogP contribution in [0.5, 0.6) is 0 Å². The van der Waals surface area contributed by atoms with E-state index < -0.39 is 12.0 Å². The van der Waals surface area contributed by atoms with Gasteiger partial charge in [-0.1, -0.05) is 6.58 Å². The number of amides is 1. The van der Waals surface area contributed by atoms with Crippen molar-refractivity contribution in [3.8, 4) is 0 Å². The zero-order chi connectivity index (χ0) is 10.4. The Labute approximate surface area is 76.6 Å². The van der Waals surface area contributed by atoms with Crippen LogP contribution in [0, 0.1) is 0 Å². The third-order valence-electron chi connectivity index (χ3n) is 1.45. The van der Waals surface area contributed by atoms with Crippen molar-refractivity contribution in [2.45, 2.75) is 19.4 Å². The number of carboxylic acid groups (broad SMARTS) is 1. The summed E-state index contributed by atoms with van der Waals surface area (Å²) in [5, 5.41) is 10.9. The average molecular weight is 186 g/mol. The summed E-state index contributed by atoms with van der Waals surface area (Å²) in [6, 6.07) is -0.926. The van der Waals surface area contributed by atoms with Crippen LogP contribution < -0.4 is 11.1 Å². The minimum atomic E-state index is -1.07. The molecule has 0 aromatic rings. The van der Waals surface area contributed by atoms with Gasteiger partial charge in [0.25, 0.3) is 0 Å². The van der Waals surface area contributed by atoms with E-state index in [0.29, 0.717) is 5.57 Å². The molecule has 0 heterocycles. The van der Waals surface area contributed by atoms with E-state index in [0.717, 1.165) is 0 Å². The molecular formula is C8H14N2O3. The van der Waals surface area contributed by atoms with Gasteiger partial charge in [-0.2, -0.15) is 0 Å². The van der Waals surface area contributed by atoms with E-state index in [9.17, 15) is 9.59 Å². The molecule has 1 atom stereocenters. The maximum Gasteiger partial charge on any atom is 0.320 e. The molecule has 0 aliphatic rings. The molecule has 5 nitrogen and oxygen atoms in total. The van der Waals surface area contributed by atoms with Gasteiger partial charge < -0.3 is 16.2 Å². The number of carbonyl (C=O) groups excluding carboxylic acids is 1. The molecule has 0 radical (unpaired) electrons. The summed E-state index contributed by atoms with van der Waals surface area (Å²) in [4.78, 5) is 21.1. The number of rotatable bonds is 5. The molecule has 5 heteroatoms. The van der Waals surface area contributed by atoms with Crippen LogP contribution in [0.15, 0.2) is 12.2 Å². The normalized spacial score (nSPS) is 11.8. The first-order valence-corrected chi connectivity index (χ1v) is 3.87. The van der Waals surface area contributed by atoms with Gasteiger partial charge in [0.05, 0.1) is 0 Å². The molecule has 13 heavy (non-hydrogen) atoms. The van der Waals surface area contributed by atoms with Crippen LogP contribution in [-0.4, -0.2) is 29.6 Å². The number of hydrogen-bond acceptors (Lipinski definition) is 3. The summed E-state index contributed by atoms with van der Waals surface area (Å²) < 4.78 is 0. The van der Waals surface area contributed by atoms with Gasteiger partial charge in [0, 0.05) is 12.1 Å². The lowest BCUT2D eigenvalue weighted by molar-refractivity contribution is -0.138. The molecule has 1 amide bonds. The number of nitrogens with two attached hydrogens (primary N) is 1. The maximum atomic E-state index is 10.9. The lowest BCUT2D eigenvalue weighted by atomic mass is 10.2. The Balaban J connectivity index is 3.62. The van der Waals surface area contributed by atoms with Gasteiger partial charge in [-0.15, -0.1) is 0 Å². The van der Waals surface area contributed by atoms with Crippen molar-refractivity contribution in [2.75, 3.05) is 6.54 Å². The fraction of sp³-hybridized carbons (Fsp3) is 0.500. The van der Waals surface area contributed by atoms with Gasteiger partial charge in [0.2, 0.25) is 5.91 Å². The molecule has 0 fully saturated rings. The van der Waals surface area contributed by atoms with Crippen molar-refractivity contribution in [3.63, 3.8) is 0 Å². The topological polar surface area (TPSA) is 92.4 Å². The van der Waals surface area contributed by atoms with Crippen LogP contribution >= 0.6 is 0 Å². The van der Waals surface area contributed by atoms with E-state index in [1.54, 1.807) is 6.92 Å². The number of nitrogens with one attached hydrogen (secondary N) is 1. The molecule has 4 N–H and O–H groups in total. The van der Waals surface area contributed by atoms with E-state index in [1.165, 1.54) is 0 Å². The second-order valence-electron chi connectivity index (χ2n) is 2.77. The third kappa shape index (κ3) is 4.97. The minimum absolute atomic E-state index is 0.217. The van der Waals surface area contributed by atoms with E-state index in [1.807, 2.05) is 0 Å². The molecule has 0 aliphatic heterocycles. The number of aliphatic carboxylic acids is 1. The van der Waals surface area contributed by atoms with Gasteiger partial charge in [-0.3, -0.25) is 9.59 Å². The highest BCUT2D eigenvalue weighted by atomic mass is 16.4. The number of hydrogen-bond donors (Lipinski definition) is 3. The Morgan fingerprint density at radius 3 is 2.54 bits per heavy atom. The van der Waals surface area contributed by atoms with E-state index in [2.05, 4.69) is 11.9 Å². The summed E-state index contributed by atoms with van der Waals surface area (Å²) in [7, 11) is 0. The molecule has 0 aromatic heterocycles. The van der Waals surface area contributed by atoms with Crippen molar-refractivity contribution < 1.29 is 14.7 Å². The first-order valence-electron chi connectivity index (χ1n) is 3.87. The van der Waals surface area contributed by atoms with Crippen molar-refractivity contribution in [2.24, 2.45) is 5.73 Å². The summed E-state index contributed by atoms with van der Waals surface area (Å²) in [5.41, 5.74) is 5.60. The molecule has 0 saturated carbocycles. The quantitative estimate of drug-likeness (QED) is 0.504. The molecule has 0 rings (SSSR count). The fourth-order valence-corrected chi connectivity index (χ4v) is 0.616. The van der Waals surface area contributed by atoms with Gasteiger partial charge in [0.1, 0.15) is 6.04 Å². The molecular weight excluding hydrogens is 172 g/mol. The van der Waals surface area contributed by atoms with Gasteiger partial charge >= 0.3 is 5.97 Å². The van der Waals surface area contributed by atoms with Gasteiger partial charge in [-0.25, -0.2) is 0 Å². The Kier molecular flexibility index (Phi) is 4.76. The molecule has 0 saturated heterocycles. The highest BCUT2D eigenvalue weighted by molar-refractivity contribution is 5.92. The maximum absolute atomic E-state index is 10.9. The Morgan fingerprint density at radius 2 is 2.15 bits per heavy atom. The van der Waals surface area contributed by atoms with E-state index >= 15 is 0 Å². The number of carbonyl (C=O) groups is 2. The van der Waals surface area contributed by atoms with Crippen molar-refractivity contribution in [1.82, 2.24) is 5.32 Å². The molecule has 0 aromatic carbocycles. The second kappa shape index (κ2) is 5.31. The lowest BCUT2D eigenvalue weighted by Gasteiger charge is -2.07. The van der Waals surface area contributed by atoms with E-state index in [4.69, 9.17) is 10.8 Å². The van der Waals surface area contributed by atoms with Crippen molar-refractivity contribution >= 4 is 11.9 Å². The van der Waals surface area contributed by atoms with Crippen LogP contribution in [0.1, 0.15) is 13.3 Å². The minimum Gasteiger partial charge on any atom is -0.480 e. The first-order chi connectivity index (χ1) is 5.95. The molecule has 0 spiro atoms. The van der Waals surface area contributed by atoms with Gasteiger partial charge in [0.15, 0.2) is 0 Å². The zero-order valence-corrected chi connectivity index (χ0v) is 7.54. The largest absolute Gasteiger partial charge is 0.480 e. The SMILES string of the molecule is C=C(C)C(=O)NCCC(N)C(=O)O. The standard InChI is InChI=1S/C8H14N2O3/c1-5(2)7(11)10-4-3-6(9)8(12)13/h6H,1,3-4,9H2,2H3,(H,10,11)(H,12,13). The summed E-state index contributed by atoms with van der Waals surface area (Å²) in [5.74, 6) is -1.35. The second-order valence-corrected chi connectivity index (χ2v) is 2.77. The smallest absolute Gasteiger partial charge is 0.320 e. The predicted octanol–water partition coefficient (Wildman–Crippen LogP) is -0.519. The van der Waals surface area contributed by atoms with Gasteiger partial charge in [-0.05, 0) is 13.3 Å². The lowest BCUT2D eigenvalue weighted by Crippen LogP contribution is -2.35. The zero-order valence-electron chi connectivity index (χ0n) is 7.54. The van der Waals surface area contributed by atoms with E-state index in [-0.39, 0.29) is 18.9 Å². The average Bonchev–Trinajstić information content (AvgIpc) is 2.03. The summed E-state index contributed by atoms with van der Waals surface area (Å²) in [6.45, 7) is 5.25. The van der Waals surface area contributed by atoms with Crippen LogP contribution in [0.25, 0.3) is 0 Å². The van der Waals surface area contributed by atoms with Crippen LogP contribution in [-0.2, 0) is 9.59 Å². The highest BCUT2D eigenvalue weighted by Gasteiger charge is 2.11. The first kappa shape index (κ1) is 11.6.